The van der Waals surface area contributed by atoms with Crippen LogP contribution in [0.4, 0.5) is 0 Å². The van der Waals surface area contributed by atoms with E-state index in [1.807, 2.05) is 27.7 Å². The van der Waals surface area contributed by atoms with E-state index in [-0.39, 0.29) is 37.0 Å². The number of carbonyl (C=O) groups excluding carboxylic acids is 7. The molecule has 0 aliphatic carbocycles. The fourth-order valence-corrected chi connectivity index (χ4v) is 4.21. The van der Waals surface area contributed by atoms with E-state index in [1.54, 1.807) is 24.3 Å². The van der Waals surface area contributed by atoms with Gasteiger partial charge >= 0.3 is 35.8 Å². The Bertz CT molecular complexity index is 1990. The first-order chi connectivity index (χ1) is 34.4. The highest BCUT2D eigenvalue weighted by atomic mass is 16.6. The van der Waals surface area contributed by atoms with Crippen molar-refractivity contribution in [3.63, 3.8) is 0 Å². The second-order valence-electron chi connectivity index (χ2n) is 14.0. The van der Waals surface area contributed by atoms with Crippen molar-refractivity contribution in [2.75, 3.05) is 74.2 Å². The zero-order chi connectivity index (χ0) is 55.3. The molecule has 19 heteroatoms. The molecule has 0 atom stereocenters. The summed E-state index contributed by atoms with van der Waals surface area (Å²) in [4.78, 5) is 88.6. The average molecular weight is 1010 g/mol. The summed E-state index contributed by atoms with van der Waals surface area (Å²) < 4.78 is 28.4. The predicted molar refractivity (Wildman–Crippen MR) is 268 cm³/mol. The van der Waals surface area contributed by atoms with Crippen molar-refractivity contribution in [2.45, 2.75) is 67.2 Å². The lowest BCUT2D eigenvalue weighted by molar-refractivity contribution is 0.0386. The Morgan fingerprint density at radius 1 is 0.347 bits per heavy atom. The number of hydrogen-bond acceptors (Lipinski definition) is 18. The van der Waals surface area contributed by atoms with Crippen LogP contribution >= 0.6 is 0 Å². The Labute approximate surface area is 421 Å². The van der Waals surface area contributed by atoms with Gasteiger partial charge in [-0.05, 0) is 112 Å². The van der Waals surface area contributed by atoms with Crippen molar-refractivity contribution in [2.24, 2.45) is 0 Å². The van der Waals surface area contributed by atoms with Gasteiger partial charge < -0.3 is 54.0 Å². The summed E-state index contributed by atoms with van der Waals surface area (Å²) in [5, 5.41) is 40.7. The number of carboxylic acids is 1. The van der Waals surface area contributed by atoms with Crippen LogP contribution in [0, 0.1) is 0 Å². The van der Waals surface area contributed by atoms with E-state index < -0.39 is 35.8 Å². The molecule has 0 radical (unpaired) electrons. The van der Waals surface area contributed by atoms with E-state index in [1.165, 1.54) is 108 Å². The van der Waals surface area contributed by atoms with E-state index in [0.717, 1.165) is 25.7 Å². The maximum absolute atomic E-state index is 11.5. The van der Waals surface area contributed by atoms with Crippen LogP contribution in [0.1, 0.15) is 150 Å². The fraction of sp³-hybridized carbons (Fsp3) is 0.396. The normalized spacial score (nSPS) is 9.29. The van der Waals surface area contributed by atoms with Crippen LogP contribution in [0.15, 0.2) is 97.1 Å². The third-order valence-electron chi connectivity index (χ3n) is 8.10. The van der Waals surface area contributed by atoms with Gasteiger partial charge in [0.2, 0.25) is 0 Å². The number of ether oxygens (including phenoxy) is 6. The van der Waals surface area contributed by atoms with Crippen LogP contribution in [-0.2, 0) is 28.4 Å². The molecule has 0 bridgehead atoms. The molecule has 0 aliphatic heterocycles. The number of methoxy groups -OCH3 is 3. The first-order valence-electron chi connectivity index (χ1n) is 22.6. The van der Waals surface area contributed by atoms with Gasteiger partial charge in [0.25, 0.3) is 0 Å². The number of ketones is 2. The monoisotopic (exact) mass is 1010 g/mol. The van der Waals surface area contributed by atoms with Crippen LogP contribution in [0.25, 0.3) is 0 Å². The summed E-state index contributed by atoms with van der Waals surface area (Å²) >= 11 is 0. The number of esters is 5. The summed E-state index contributed by atoms with van der Waals surface area (Å²) in [6.07, 6.45) is 3.39. The third-order valence-corrected chi connectivity index (χ3v) is 8.10. The Morgan fingerprint density at radius 2 is 0.597 bits per heavy atom. The van der Waals surface area contributed by atoms with Gasteiger partial charge in [0.1, 0.15) is 13.2 Å². The van der Waals surface area contributed by atoms with E-state index in [2.05, 4.69) is 9.47 Å². The number of aliphatic hydroxyl groups is 4. The number of carboxylic acid groups (broad SMARTS) is 1. The van der Waals surface area contributed by atoms with Crippen molar-refractivity contribution in [3.05, 3.63) is 142 Å². The fourth-order valence-electron chi connectivity index (χ4n) is 4.21. The molecule has 0 spiro atoms. The zero-order valence-corrected chi connectivity index (χ0v) is 42.7. The molecule has 398 valence electrons. The molecule has 0 aliphatic rings. The zero-order valence-electron chi connectivity index (χ0n) is 42.7. The van der Waals surface area contributed by atoms with Crippen LogP contribution in [0.3, 0.4) is 0 Å². The van der Waals surface area contributed by atoms with Gasteiger partial charge in [-0.15, -0.1) is 0 Å². The van der Waals surface area contributed by atoms with E-state index >= 15 is 0 Å². The topological polar surface area (TPSA) is 293 Å². The molecule has 19 nitrogen and oxygen atoms in total. The number of carbonyl (C=O) groups is 8. The molecule has 0 aromatic heterocycles. The van der Waals surface area contributed by atoms with Gasteiger partial charge in [-0.25, -0.2) is 28.8 Å². The van der Waals surface area contributed by atoms with E-state index in [9.17, 15) is 38.4 Å². The van der Waals surface area contributed by atoms with Crippen molar-refractivity contribution >= 4 is 47.4 Å². The highest BCUT2D eigenvalue weighted by molar-refractivity contribution is 5.97. The van der Waals surface area contributed by atoms with Crippen molar-refractivity contribution < 1.29 is 92.3 Å². The first kappa shape index (κ1) is 69.1. The van der Waals surface area contributed by atoms with Gasteiger partial charge in [-0.2, -0.15) is 0 Å². The van der Waals surface area contributed by atoms with Crippen molar-refractivity contribution in [1.82, 2.24) is 0 Å². The Morgan fingerprint density at radius 3 is 0.819 bits per heavy atom. The highest BCUT2D eigenvalue weighted by Gasteiger charge is 2.12. The Hall–Kier alpha value is -7.16. The molecule has 4 aromatic carbocycles. The minimum absolute atomic E-state index is 0.0284. The first-order valence-corrected chi connectivity index (χ1v) is 22.6. The number of aliphatic hydroxyl groups excluding tert-OH is 4. The summed E-state index contributed by atoms with van der Waals surface area (Å²) in [6.45, 7) is 12.3. The molecule has 0 saturated heterocycles. The number of Topliss-reactive ketones (excluding diaryl/α,β-unsaturated/α-hetero) is 2. The lowest BCUT2D eigenvalue weighted by Crippen LogP contribution is -2.10. The van der Waals surface area contributed by atoms with Crippen LogP contribution in [-0.4, -0.2) is 147 Å². The molecule has 0 heterocycles. The van der Waals surface area contributed by atoms with Crippen LogP contribution < -0.4 is 0 Å². The molecular formula is C53H72O19. The highest BCUT2D eigenvalue weighted by Crippen LogP contribution is 2.10. The lowest BCUT2D eigenvalue weighted by atomic mass is 10.1. The molecule has 0 amide bonds. The summed E-state index contributed by atoms with van der Waals surface area (Å²) in [7, 11) is 4.14. The number of aromatic carboxylic acids is 1. The lowest BCUT2D eigenvalue weighted by Gasteiger charge is -2.05. The molecule has 72 heavy (non-hydrogen) atoms. The number of rotatable bonds is 18. The van der Waals surface area contributed by atoms with E-state index in [4.69, 9.17) is 44.5 Å². The van der Waals surface area contributed by atoms with Gasteiger partial charge in [0.05, 0.1) is 67.4 Å². The van der Waals surface area contributed by atoms with E-state index in [0.29, 0.717) is 72.0 Å². The molecular weight excluding hydrogens is 941 g/mol. The van der Waals surface area contributed by atoms with Crippen LogP contribution in [0.5, 0.6) is 0 Å². The molecule has 4 aromatic rings. The maximum atomic E-state index is 11.5. The average Bonchev–Trinajstić information content (AvgIpc) is 3.41. The molecule has 4 rings (SSSR count). The third kappa shape index (κ3) is 33.4. The summed E-state index contributed by atoms with van der Waals surface area (Å²) in [6, 6.07) is 24.2. The van der Waals surface area contributed by atoms with Gasteiger partial charge in [-0.1, -0.05) is 52.0 Å². The Kier molecular flexibility index (Phi) is 43.2. The van der Waals surface area contributed by atoms with Crippen molar-refractivity contribution in [1.29, 1.82) is 0 Å². The number of hydrogen-bond donors (Lipinski definition) is 5. The SMILES string of the molecule is CC(=O)c1ccc(C(=O)O)cc1.CCCO.CCCO.CCCO.CCCOC(=O)c1ccc(C(=O)OCCO)cc1.COC(=O)c1ccc(C(=O)OC)cc1.COCCOC(=O)c1ccc(C(C)=O)cc1. The molecule has 0 fully saturated rings. The number of benzene rings is 4. The molecule has 0 unspecified atom stereocenters. The molecule has 5 N–H and O–H groups in total. The largest absolute Gasteiger partial charge is 0.478 e. The summed E-state index contributed by atoms with van der Waals surface area (Å²) in [5.74, 6) is -3.28. The molecule has 0 saturated carbocycles. The summed E-state index contributed by atoms with van der Waals surface area (Å²) in [5.41, 5.74) is 3.26. The second kappa shape index (κ2) is 45.0. The standard InChI is InChI=1S/C13H16O5.C12H14O4.C10H10O4.C9H8O3.3C3H8O/c1-2-8-17-12(15)10-3-5-11(6-4-10)13(16)18-9-7-14;1-9(13)10-3-5-11(6-4-10)12(14)16-8-7-15-2;1-13-9(11)7-3-5-8(6-4-7)10(12)14-2;1-6(10)7-2-4-8(5-3-7)9(11)12;3*1-2-3-4/h3-6,14H,2,7-9H2,1H3;3-6H,7-8H2,1-2H3;3-6H,1-2H3;2-5H,1H3,(H,11,12);3*4H,2-3H2,1H3. The van der Waals surface area contributed by atoms with Gasteiger partial charge in [0.15, 0.2) is 11.6 Å². The Balaban J connectivity index is -0.000000823. The maximum Gasteiger partial charge on any atom is 0.338 e. The van der Waals surface area contributed by atoms with Crippen molar-refractivity contribution in [3.8, 4) is 0 Å². The minimum atomic E-state index is -0.981. The van der Waals surface area contributed by atoms with Gasteiger partial charge in [0, 0.05) is 38.1 Å². The minimum Gasteiger partial charge on any atom is -0.478 e. The second-order valence-corrected chi connectivity index (χ2v) is 14.0. The quantitative estimate of drug-likeness (QED) is 0.0287. The smallest absolute Gasteiger partial charge is 0.338 e. The van der Waals surface area contributed by atoms with Gasteiger partial charge in [-0.3, -0.25) is 9.59 Å². The predicted octanol–water partition coefficient (Wildman–Crippen LogP) is 7.11. The van der Waals surface area contributed by atoms with Crippen LogP contribution in [0.2, 0.25) is 0 Å².